The van der Waals surface area contributed by atoms with Crippen molar-refractivity contribution in [1.82, 2.24) is 0 Å². The van der Waals surface area contributed by atoms with Gasteiger partial charge in [0.25, 0.3) is 0 Å². The lowest BCUT2D eigenvalue weighted by Crippen LogP contribution is -2.52. The SMILES string of the molecule is CC(C)C(N)C(=O)OC1CCC2(C)C(CCC3C4=CCC(c5ccc(=O)oc5)C4(C)CCC32)C1. The zero-order valence-corrected chi connectivity index (χ0v) is 21.2. The second kappa shape index (κ2) is 8.65. The summed E-state index contributed by atoms with van der Waals surface area (Å²) in [5.74, 6) is 2.23. The van der Waals surface area contributed by atoms with E-state index in [2.05, 4.69) is 19.9 Å². The summed E-state index contributed by atoms with van der Waals surface area (Å²) >= 11 is 0. The van der Waals surface area contributed by atoms with Gasteiger partial charge in [0.2, 0.25) is 0 Å². The Morgan fingerprint density at radius 2 is 1.94 bits per heavy atom. The Labute approximate surface area is 203 Å². The van der Waals surface area contributed by atoms with Gasteiger partial charge in [-0.3, -0.25) is 4.79 Å². The Kier molecular flexibility index (Phi) is 6.07. The van der Waals surface area contributed by atoms with Gasteiger partial charge in [-0.2, -0.15) is 0 Å². The molecule has 1 aromatic heterocycles. The maximum Gasteiger partial charge on any atom is 0.335 e. The minimum Gasteiger partial charge on any atom is -0.461 e. The molecule has 5 nitrogen and oxygen atoms in total. The highest BCUT2D eigenvalue weighted by Crippen LogP contribution is 2.67. The van der Waals surface area contributed by atoms with Crippen LogP contribution < -0.4 is 11.4 Å². The number of nitrogens with two attached hydrogens (primary N) is 1. The maximum atomic E-state index is 12.5. The molecule has 0 saturated heterocycles. The van der Waals surface area contributed by atoms with E-state index >= 15 is 0 Å². The van der Waals surface area contributed by atoms with E-state index in [1.165, 1.54) is 25.7 Å². The molecule has 2 N–H and O–H groups in total. The van der Waals surface area contributed by atoms with Gasteiger partial charge in [0.05, 0.1) is 6.26 Å². The molecule has 4 aliphatic carbocycles. The summed E-state index contributed by atoms with van der Waals surface area (Å²) in [6, 6.07) is 3.00. The minimum absolute atomic E-state index is 0.0172. The Bertz CT molecular complexity index is 1010. The van der Waals surface area contributed by atoms with Crippen molar-refractivity contribution in [2.75, 3.05) is 0 Å². The number of ether oxygens (including phenoxy) is 1. The first-order valence-corrected chi connectivity index (χ1v) is 13.4. The normalized spacial score (nSPS) is 40.1. The topological polar surface area (TPSA) is 82.5 Å². The van der Waals surface area contributed by atoms with E-state index in [1.54, 1.807) is 17.9 Å². The van der Waals surface area contributed by atoms with Crippen molar-refractivity contribution < 1.29 is 13.9 Å². The summed E-state index contributed by atoms with van der Waals surface area (Å²) in [4.78, 5) is 24.0. The highest BCUT2D eigenvalue weighted by atomic mass is 16.5. The van der Waals surface area contributed by atoms with Crippen LogP contribution in [0.25, 0.3) is 0 Å². The van der Waals surface area contributed by atoms with Crippen molar-refractivity contribution in [3.05, 3.63) is 46.0 Å². The quantitative estimate of drug-likeness (QED) is 0.462. The van der Waals surface area contributed by atoms with E-state index in [0.717, 1.165) is 31.2 Å². The van der Waals surface area contributed by atoms with Gasteiger partial charge in [-0.25, -0.2) is 4.79 Å². The standard InChI is InChI=1S/C29H41NO4/c1-17(2)26(30)27(32)34-20-11-13-28(3)19(15-20)6-7-21-23-9-8-22(18-5-10-25(31)33-16-18)29(23,4)14-12-24(21)28/h5,9-10,16-17,19-22,24,26H,6-8,11-15,30H2,1-4H3. The number of carbonyl (C=O) groups is 1. The number of fused-ring (bicyclic) bond motifs is 5. The van der Waals surface area contributed by atoms with Crippen LogP contribution in [-0.4, -0.2) is 18.1 Å². The predicted octanol–water partition coefficient (Wildman–Crippen LogP) is 5.58. The number of rotatable bonds is 4. The molecule has 5 rings (SSSR count). The molecule has 0 aromatic carbocycles. The van der Waals surface area contributed by atoms with Crippen LogP contribution in [0.5, 0.6) is 0 Å². The molecule has 0 amide bonds. The van der Waals surface area contributed by atoms with Crippen LogP contribution >= 0.6 is 0 Å². The number of carbonyl (C=O) groups excluding carboxylic acids is 1. The molecule has 0 bridgehead atoms. The first-order chi connectivity index (χ1) is 16.1. The zero-order valence-electron chi connectivity index (χ0n) is 21.2. The highest BCUT2D eigenvalue weighted by Gasteiger charge is 2.58. The number of hydrogen-bond acceptors (Lipinski definition) is 5. The van der Waals surface area contributed by atoms with E-state index < -0.39 is 6.04 Å². The molecule has 3 saturated carbocycles. The monoisotopic (exact) mass is 467 g/mol. The first-order valence-electron chi connectivity index (χ1n) is 13.4. The van der Waals surface area contributed by atoms with Crippen LogP contribution in [0.4, 0.5) is 0 Å². The van der Waals surface area contributed by atoms with Gasteiger partial charge in [-0.1, -0.05) is 39.3 Å². The molecule has 0 spiro atoms. The van der Waals surface area contributed by atoms with Crippen LogP contribution in [0.2, 0.25) is 0 Å². The lowest BCUT2D eigenvalue weighted by molar-refractivity contribution is -0.160. The van der Waals surface area contributed by atoms with Crippen LogP contribution in [0.1, 0.15) is 90.5 Å². The lowest BCUT2D eigenvalue weighted by atomic mass is 9.46. The van der Waals surface area contributed by atoms with Crippen molar-refractivity contribution in [3.8, 4) is 0 Å². The third-order valence-corrected chi connectivity index (χ3v) is 10.4. The molecule has 4 aliphatic rings. The molecule has 8 unspecified atom stereocenters. The van der Waals surface area contributed by atoms with Crippen molar-refractivity contribution >= 4 is 5.97 Å². The van der Waals surface area contributed by atoms with Gasteiger partial charge in [-0.05, 0) is 103 Å². The summed E-state index contributed by atoms with van der Waals surface area (Å²) in [5.41, 5.74) is 9.06. The zero-order chi connectivity index (χ0) is 24.3. The lowest BCUT2D eigenvalue weighted by Gasteiger charge is -2.59. The maximum absolute atomic E-state index is 12.5. The Morgan fingerprint density at radius 1 is 1.15 bits per heavy atom. The smallest absolute Gasteiger partial charge is 0.335 e. The van der Waals surface area contributed by atoms with Gasteiger partial charge in [0.15, 0.2) is 0 Å². The molecular formula is C29H41NO4. The minimum atomic E-state index is -0.528. The van der Waals surface area contributed by atoms with E-state index in [1.807, 2.05) is 19.9 Å². The molecular weight excluding hydrogens is 426 g/mol. The fraction of sp³-hybridized carbons (Fsp3) is 0.724. The van der Waals surface area contributed by atoms with Crippen LogP contribution in [0, 0.1) is 34.5 Å². The molecule has 5 heteroatoms. The molecule has 0 aliphatic heterocycles. The number of esters is 1. The molecule has 8 atom stereocenters. The summed E-state index contributed by atoms with van der Waals surface area (Å²) in [6.07, 6.45) is 13.2. The van der Waals surface area contributed by atoms with E-state index in [0.29, 0.717) is 29.1 Å². The van der Waals surface area contributed by atoms with Gasteiger partial charge in [0, 0.05) is 6.07 Å². The third-order valence-electron chi connectivity index (χ3n) is 10.4. The van der Waals surface area contributed by atoms with Gasteiger partial charge >= 0.3 is 11.6 Å². The average Bonchev–Trinajstić information content (AvgIpc) is 3.16. The number of hydrogen-bond donors (Lipinski definition) is 1. The van der Waals surface area contributed by atoms with E-state index in [4.69, 9.17) is 14.9 Å². The molecule has 1 aromatic rings. The van der Waals surface area contributed by atoms with Crippen molar-refractivity contribution in [2.45, 2.75) is 97.1 Å². The predicted molar refractivity (Wildman–Crippen MR) is 132 cm³/mol. The fourth-order valence-electron chi connectivity index (χ4n) is 8.24. The fourth-order valence-corrected chi connectivity index (χ4v) is 8.24. The van der Waals surface area contributed by atoms with E-state index in [-0.39, 0.29) is 29.0 Å². The Balaban J connectivity index is 1.30. The van der Waals surface area contributed by atoms with Gasteiger partial charge < -0.3 is 14.9 Å². The van der Waals surface area contributed by atoms with Gasteiger partial charge in [0.1, 0.15) is 12.1 Å². The van der Waals surface area contributed by atoms with Crippen LogP contribution in [0.15, 0.2) is 39.3 Å². The van der Waals surface area contributed by atoms with Crippen molar-refractivity contribution in [1.29, 1.82) is 0 Å². The molecule has 1 heterocycles. The largest absolute Gasteiger partial charge is 0.461 e. The van der Waals surface area contributed by atoms with Crippen LogP contribution in [-0.2, 0) is 9.53 Å². The first kappa shape index (κ1) is 23.8. The summed E-state index contributed by atoms with van der Waals surface area (Å²) in [6.45, 7) is 8.91. The summed E-state index contributed by atoms with van der Waals surface area (Å²) < 4.78 is 11.1. The van der Waals surface area contributed by atoms with E-state index in [9.17, 15) is 9.59 Å². The third kappa shape index (κ3) is 3.79. The van der Waals surface area contributed by atoms with Crippen LogP contribution in [0.3, 0.4) is 0 Å². The Hall–Kier alpha value is -1.88. The number of allylic oxidation sites excluding steroid dienone is 2. The Morgan fingerprint density at radius 3 is 2.65 bits per heavy atom. The average molecular weight is 468 g/mol. The molecule has 186 valence electrons. The molecule has 3 fully saturated rings. The second-order valence-electron chi connectivity index (χ2n) is 12.4. The highest BCUT2D eigenvalue weighted by molar-refractivity contribution is 5.75. The second-order valence-corrected chi connectivity index (χ2v) is 12.4. The molecule has 0 radical (unpaired) electrons. The molecule has 34 heavy (non-hydrogen) atoms. The van der Waals surface area contributed by atoms with Gasteiger partial charge in [-0.15, -0.1) is 0 Å². The summed E-state index contributed by atoms with van der Waals surface area (Å²) in [7, 11) is 0. The summed E-state index contributed by atoms with van der Waals surface area (Å²) in [5, 5.41) is 0. The van der Waals surface area contributed by atoms with Crippen molar-refractivity contribution in [3.63, 3.8) is 0 Å². The van der Waals surface area contributed by atoms with Crippen molar-refractivity contribution in [2.24, 2.45) is 40.2 Å².